The number of piperidine rings is 1. The summed E-state index contributed by atoms with van der Waals surface area (Å²) in [6.07, 6.45) is 2.73. The van der Waals surface area contributed by atoms with Gasteiger partial charge in [-0.25, -0.2) is 0 Å². The molecule has 2 aliphatic heterocycles. The molecule has 3 nitrogen and oxygen atoms in total. The van der Waals surface area contributed by atoms with Crippen LogP contribution in [0.15, 0.2) is 0 Å². The molecule has 0 aromatic heterocycles. The molecule has 2 fully saturated rings. The van der Waals surface area contributed by atoms with Gasteiger partial charge in [-0.3, -0.25) is 9.69 Å². The molecular formula is C9H15NO2. The van der Waals surface area contributed by atoms with Crippen LogP contribution in [0.5, 0.6) is 0 Å². The van der Waals surface area contributed by atoms with Crippen molar-refractivity contribution >= 4 is 5.78 Å². The molecule has 1 unspecified atom stereocenters. The summed E-state index contributed by atoms with van der Waals surface area (Å²) in [5.74, 6) is 0.405. The Kier molecular flexibility index (Phi) is 1.93. The van der Waals surface area contributed by atoms with E-state index in [-0.39, 0.29) is 6.10 Å². The van der Waals surface area contributed by atoms with Gasteiger partial charge in [0.1, 0.15) is 5.78 Å². The second kappa shape index (κ2) is 2.82. The molecule has 0 saturated carbocycles. The van der Waals surface area contributed by atoms with Gasteiger partial charge in [-0.2, -0.15) is 0 Å². The number of ketones is 1. The maximum Gasteiger partial charge on any atom is 0.136 e. The SMILES string of the molecule is COC1C[C@@H]2CC(=O)C[C@H]1N2C. The second-order valence-corrected chi connectivity index (χ2v) is 3.84. The van der Waals surface area contributed by atoms with E-state index < -0.39 is 0 Å². The van der Waals surface area contributed by atoms with Crippen molar-refractivity contribution in [2.45, 2.75) is 37.5 Å². The number of methoxy groups -OCH3 is 1. The van der Waals surface area contributed by atoms with Crippen molar-refractivity contribution in [1.29, 1.82) is 0 Å². The molecule has 12 heavy (non-hydrogen) atoms. The fourth-order valence-corrected chi connectivity index (χ4v) is 2.46. The van der Waals surface area contributed by atoms with E-state index in [2.05, 4.69) is 11.9 Å². The third-order valence-electron chi connectivity index (χ3n) is 3.24. The van der Waals surface area contributed by atoms with E-state index in [0.717, 1.165) is 12.8 Å². The maximum absolute atomic E-state index is 11.2. The lowest BCUT2D eigenvalue weighted by molar-refractivity contribution is -0.123. The van der Waals surface area contributed by atoms with Crippen LogP contribution in [0, 0.1) is 0 Å². The number of carbonyl (C=O) groups is 1. The Hall–Kier alpha value is -0.410. The van der Waals surface area contributed by atoms with E-state index >= 15 is 0 Å². The Bertz CT molecular complexity index is 205. The topological polar surface area (TPSA) is 29.5 Å². The first kappa shape index (κ1) is 8.20. The van der Waals surface area contributed by atoms with E-state index in [0.29, 0.717) is 24.3 Å². The van der Waals surface area contributed by atoms with Gasteiger partial charge in [0.15, 0.2) is 0 Å². The van der Waals surface area contributed by atoms with Gasteiger partial charge < -0.3 is 4.74 Å². The Labute approximate surface area is 72.7 Å². The molecule has 3 atom stereocenters. The third kappa shape index (κ3) is 1.08. The molecule has 2 rings (SSSR count). The van der Waals surface area contributed by atoms with Crippen molar-refractivity contribution in [3.63, 3.8) is 0 Å². The molecule has 2 bridgehead atoms. The zero-order chi connectivity index (χ0) is 8.72. The van der Waals surface area contributed by atoms with Crippen LogP contribution in [0.2, 0.25) is 0 Å². The van der Waals surface area contributed by atoms with E-state index in [1.165, 1.54) is 0 Å². The summed E-state index contributed by atoms with van der Waals surface area (Å²) < 4.78 is 5.35. The van der Waals surface area contributed by atoms with Crippen LogP contribution in [0.1, 0.15) is 19.3 Å². The van der Waals surface area contributed by atoms with E-state index in [1.54, 1.807) is 7.11 Å². The number of fused-ring (bicyclic) bond motifs is 2. The molecule has 0 aromatic rings. The lowest BCUT2D eigenvalue weighted by atomic mass is 10.0. The molecule has 0 aromatic carbocycles. The average molecular weight is 169 g/mol. The molecule has 2 heterocycles. The fourth-order valence-electron chi connectivity index (χ4n) is 2.46. The lowest BCUT2D eigenvalue weighted by Crippen LogP contribution is -2.42. The number of hydrogen-bond donors (Lipinski definition) is 0. The van der Waals surface area contributed by atoms with Gasteiger partial charge in [-0.15, -0.1) is 0 Å². The Balaban J connectivity index is 2.16. The van der Waals surface area contributed by atoms with Crippen molar-refractivity contribution < 1.29 is 9.53 Å². The fraction of sp³-hybridized carbons (Fsp3) is 0.889. The first-order valence-electron chi connectivity index (χ1n) is 4.49. The van der Waals surface area contributed by atoms with Gasteiger partial charge in [0.05, 0.1) is 6.10 Å². The maximum atomic E-state index is 11.2. The van der Waals surface area contributed by atoms with Crippen LogP contribution < -0.4 is 0 Å². The minimum absolute atomic E-state index is 0.284. The first-order chi connectivity index (χ1) is 5.72. The summed E-state index contributed by atoms with van der Waals surface area (Å²) in [7, 11) is 3.84. The number of ether oxygens (including phenoxy) is 1. The predicted molar refractivity (Wildman–Crippen MR) is 45.0 cm³/mol. The zero-order valence-corrected chi connectivity index (χ0v) is 7.62. The average Bonchev–Trinajstić information content (AvgIpc) is 2.27. The van der Waals surface area contributed by atoms with Gasteiger partial charge in [0, 0.05) is 32.0 Å². The quantitative estimate of drug-likeness (QED) is 0.570. The number of rotatable bonds is 1. The molecule has 0 radical (unpaired) electrons. The first-order valence-corrected chi connectivity index (χ1v) is 4.49. The van der Waals surface area contributed by atoms with Gasteiger partial charge >= 0.3 is 0 Å². The van der Waals surface area contributed by atoms with Crippen molar-refractivity contribution in [1.82, 2.24) is 4.90 Å². The normalized spacial score (nSPS) is 42.2. The molecular weight excluding hydrogens is 154 g/mol. The van der Waals surface area contributed by atoms with Crippen LogP contribution in [-0.4, -0.2) is 43.0 Å². The van der Waals surface area contributed by atoms with Gasteiger partial charge in [-0.1, -0.05) is 0 Å². The summed E-state index contributed by atoms with van der Waals surface area (Å²) in [6, 6.07) is 0.794. The van der Waals surface area contributed by atoms with E-state index in [4.69, 9.17) is 4.74 Å². The Morgan fingerprint density at radius 3 is 2.92 bits per heavy atom. The molecule has 2 saturated heterocycles. The summed E-state index contributed by atoms with van der Waals surface area (Å²) in [5.41, 5.74) is 0. The summed E-state index contributed by atoms with van der Waals surface area (Å²) in [4.78, 5) is 13.5. The van der Waals surface area contributed by atoms with Crippen LogP contribution in [-0.2, 0) is 9.53 Å². The monoisotopic (exact) mass is 169 g/mol. The number of likely N-dealkylation sites (N-methyl/N-ethyl adjacent to an activating group) is 1. The number of hydrogen-bond acceptors (Lipinski definition) is 3. The molecule has 0 N–H and O–H groups in total. The lowest BCUT2D eigenvalue weighted by Gasteiger charge is -2.30. The molecule has 0 aliphatic carbocycles. The summed E-state index contributed by atoms with van der Waals surface area (Å²) >= 11 is 0. The van der Waals surface area contributed by atoms with E-state index in [9.17, 15) is 4.79 Å². The molecule has 0 amide bonds. The number of Topliss-reactive ketones (excluding diaryl/α,β-unsaturated/α-hetero) is 1. The van der Waals surface area contributed by atoms with Crippen LogP contribution in [0.3, 0.4) is 0 Å². The van der Waals surface area contributed by atoms with Crippen molar-refractivity contribution in [2.75, 3.05) is 14.2 Å². The molecule has 0 spiro atoms. The minimum Gasteiger partial charge on any atom is -0.380 e. The van der Waals surface area contributed by atoms with Crippen LogP contribution in [0.25, 0.3) is 0 Å². The standard InChI is InChI=1S/C9H15NO2/c1-10-6-3-7(11)5-8(10)9(4-6)12-2/h6,8-9H,3-5H2,1-2H3/t6-,8+,9?/m0/s1. The van der Waals surface area contributed by atoms with Crippen molar-refractivity contribution in [3.05, 3.63) is 0 Å². The third-order valence-corrected chi connectivity index (χ3v) is 3.24. The summed E-state index contributed by atoms with van der Waals surface area (Å²) in [5, 5.41) is 0. The number of nitrogens with zero attached hydrogens (tertiary/aromatic N) is 1. The summed E-state index contributed by atoms with van der Waals surface area (Å²) in [6.45, 7) is 0. The predicted octanol–water partition coefficient (Wildman–Crippen LogP) is 0.437. The van der Waals surface area contributed by atoms with Gasteiger partial charge in [0.2, 0.25) is 0 Å². The van der Waals surface area contributed by atoms with Crippen molar-refractivity contribution in [3.8, 4) is 0 Å². The second-order valence-electron chi connectivity index (χ2n) is 3.84. The van der Waals surface area contributed by atoms with Crippen LogP contribution >= 0.6 is 0 Å². The largest absolute Gasteiger partial charge is 0.380 e. The highest BCUT2D eigenvalue weighted by Gasteiger charge is 2.44. The van der Waals surface area contributed by atoms with E-state index in [1.807, 2.05) is 0 Å². The smallest absolute Gasteiger partial charge is 0.136 e. The van der Waals surface area contributed by atoms with Gasteiger partial charge in [-0.05, 0) is 13.5 Å². The number of carbonyl (C=O) groups excluding carboxylic acids is 1. The highest BCUT2D eigenvalue weighted by Crippen LogP contribution is 2.33. The molecule has 3 heteroatoms. The Morgan fingerprint density at radius 1 is 1.50 bits per heavy atom. The highest BCUT2D eigenvalue weighted by molar-refractivity contribution is 5.81. The highest BCUT2D eigenvalue weighted by atomic mass is 16.5. The van der Waals surface area contributed by atoms with Crippen LogP contribution in [0.4, 0.5) is 0 Å². The van der Waals surface area contributed by atoms with Gasteiger partial charge in [0.25, 0.3) is 0 Å². The molecule has 2 aliphatic rings. The Morgan fingerprint density at radius 2 is 2.25 bits per heavy atom. The zero-order valence-electron chi connectivity index (χ0n) is 7.62. The van der Waals surface area contributed by atoms with Crippen molar-refractivity contribution in [2.24, 2.45) is 0 Å². The minimum atomic E-state index is 0.284. The molecule has 68 valence electrons.